The third-order valence-electron chi connectivity index (χ3n) is 4.41. The van der Waals surface area contributed by atoms with Crippen LogP contribution in [0.25, 0.3) is 0 Å². The number of imide groups is 1. The summed E-state index contributed by atoms with van der Waals surface area (Å²) >= 11 is 0. The van der Waals surface area contributed by atoms with Gasteiger partial charge in [-0.05, 0) is 42.8 Å². The smallest absolute Gasteiger partial charge is 0.261 e. The third-order valence-corrected chi connectivity index (χ3v) is 5.79. The molecule has 3 rings (SSSR count). The van der Waals surface area contributed by atoms with E-state index in [0.717, 1.165) is 11.3 Å². The van der Waals surface area contributed by atoms with Crippen molar-refractivity contribution < 1.29 is 22.8 Å². The molecule has 2 aromatic rings. The monoisotopic (exact) mass is 415 g/mol. The van der Waals surface area contributed by atoms with Gasteiger partial charge in [0.15, 0.2) is 0 Å². The fourth-order valence-electron chi connectivity index (χ4n) is 2.95. The zero-order valence-corrected chi connectivity index (χ0v) is 16.7. The molecule has 0 bridgehead atoms. The number of carbonyl (C=O) groups is 3. The number of anilines is 2. The summed E-state index contributed by atoms with van der Waals surface area (Å²) < 4.78 is 28.0. The van der Waals surface area contributed by atoms with Crippen molar-refractivity contribution in [3.8, 4) is 0 Å². The van der Waals surface area contributed by atoms with Crippen molar-refractivity contribution in [2.24, 2.45) is 0 Å². The minimum Gasteiger partial charge on any atom is -0.352 e. The van der Waals surface area contributed by atoms with Crippen molar-refractivity contribution in [1.82, 2.24) is 5.32 Å². The van der Waals surface area contributed by atoms with Gasteiger partial charge in [-0.3, -0.25) is 24.0 Å². The Kier molecular flexibility index (Phi) is 5.97. The molecule has 0 aliphatic carbocycles. The van der Waals surface area contributed by atoms with Gasteiger partial charge in [0.25, 0.3) is 15.9 Å². The molecule has 3 amide bonds. The van der Waals surface area contributed by atoms with Crippen molar-refractivity contribution >= 4 is 39.1 Å². The van der Waals surface area contributed by atoms with Gasteiger partial charge in [0.05, 0.1) is 21.8 Å². The molecule has 152 valence electrons. The summed E-state index contributed by atoms with van der Waals surface area (Å²) in [4.78, 5) is 36.9. The number of benzene rings is 2. The van der Waals surface area contributed by atoms with Crippen molar-refractivity contribution in [1.29, 1.82) is 0 Å². The first-order chi connectivity index (χ1) is 13.8. The number of sulfonamides is 1. The van der Waals surface area contributed by atoms with Crippen LogP contribution < -0.4 is 14.9 Å². The number of hydrogen-bond donors (Lipinski definition) is 2. The highest BCUT2D eigenvalue weighted by molar-refractivity contribution is 7.92. The van der Waals surface area contributed by atoms with Crippen LogP contribution >= 0.6 is 0 Å². The molecule has 0 radical (unpaired) electrons. The second kappa shape index (κ2) is 8.44. The van der Waals surface area contributed by atoms with E-state index in [0.29, 0.717) is 12.2 Å². The molecule has 9 heteroatoms. The first kappa shape index (κ1) is 20.5. The van der Waals surface area contributed by atoms with Crippen LogP contribution in [0, 0.1) is 0 Å². The first-order valence-electron chi connectivity index (χ1n) is 9.19. The second-order valence-electron chi connectivity index (χ2n) is 6.52. The summed E-state index contributed by atoms with van der Waals surface area (Å²) in [5, 5.41) is 2.72. The number of rotatable bonds is 7. The molecule has 0 saturated carbocycles. The third kappa shape index (κ3) is 4.45. The first-order valence-corrected chi connectivity index (χ1v) is 10.7. The van der Waals surface area contributed by atoms with E-state index in [2.05, 4.69) is 10.0 Å². The highest BCUT2D eigenvalue weighted by Crippen LogP contribution is 2.25. The van der Waals surface area contributed by atoms with Crippen LogP contribution in [0.15, 0.2) is 53.4 Å². The van der Waals surface area contributed by atoms with Crippen LogP contribution in [0.5, 0.6) is 0 Å². The molecule has 1 fully saturated rings. The number of amides is 3. The molecule has 1 aliphatic rings. The average molecular weight is 415 g/mol. The summed E-state index contributed by atoms with van der Waals surface area (Å²) in [7, 11) is -3.98. The van der Waals surface area contributed by atoms with Gasteiger partial charge in [0.2, 0.25) is 11.8 Å². The largest absolute Gasteiger partial charge is 0.352 e. The van der Waals surface area contributed by atoms with Gasteiger partial charge in [-0.1, -0.05) is 19.1 Å². The normalized spacial score (nSPS) is 14.2. The van der Waals surface area contributed by atoms with E-state index in [-0.39, 0.29) is 46.7 Å². The maximum atomic E-state index is 12.8. The Balaban J connectivity index is 1.83. The van der Waals surface area contributed by atoms with E-state index in [1.165, 1.54) is 36.4 Å². The molecule has 8 nitrogen and oxygen atoms in total. The van der Waals surface area contributed by atoms with E-state index in [1.54, 1.807) is 12.1 Å². The van der Waals surface area contributed by atoms with Gasteiger partial charge < -0.3 is 5.32 Å². The van der Waals surface area contributed by atoms with Crippen LogP contribution in [0.2, 0.25) is 0 Å². The summed E-state index contributed by atoms with van der Waals surface area (Å²) in [5.41, 5.74) is 0.709. The molecule has 2 N–H and O–H groups in total. The lowest BCUT2D eigenvalue weighted by atomic mass is 10.1. The van der Waals surface area contributed by atoms with Gasteiger partial charge >= 0.3 is 0 Å². The Morgan fingerprint density at radius 1 is 1.00 bits per heavy atom. The SMILES string of the molecule is CCCNC(=O)c1ccccc1NS(=O)(=O)c1ccc(N2C(=O)CCC2=O)cc1. The fraction of sp³-hybridized carbons (Fsp3) is 0.250. The zero-order chi connectivity index (χ0) is 21.0. The lowest BCUT2D eigenvalue weighted by Gasteiger charge is -2.15. The van der Waals surface area contributed by atoms with Crippen molar-refractivity contribution in [3.05, 3.63) is 54.1 Å². The van der Waals surface area contributed by atoms with Gasteiger partial charge in [0.1, 0.15) is 0 Å². The predicted molar refractivity (Wildman–Crippen MR) is 108 cm³/mol. The second-order valence-corrected chi connectivity index (χ2v) is 8.21. The molecular weight excluding hydrogens is 394 g/mol. The van der Waals surface area contributed by atoms with E-state index >= 15 is 0 Å². The summed E-state index contributed by atoms with van der Waals surface area (Å²) in [6.45, 7) is 2.40. The van der Waals surface area contributed by atoms with Crippen LogP contribution in [0.3, 0.4) is 0 Å². The lowest BCUT2D eigenvalue weighted by Crippen LogP contribution is -2.28. The number of nitrogens with zero attached hydrogens (tertiary/aromatic N) is 1. The van der Waals surface area contributed by atoms with E-state index in [4.69, 9.17) is 0 Å². The van der Waals surface area contributed by atoms with Crippen LogP contribution in [0.1, 0.15) is 36.5 Å². The van der Waals surface area contributed by atoms with Gasteiger partial charge in [0, 0.05) is 19.4 Å². The highest BCUT2D eigenvalue weighted by atomic mass is 32.2. The van der Waals surface area contributed by atoms with Crippen molar-refractivity contribution in [2.45, 2.75) is 31.1 Å². The van der Waals surface area contributed by atoms with Crippen LogP contribution in [-0.2, 0) is 19.6 Å². The number of para-hydroxylation sites is 1. The number of carbonyl (C=O) groups excluding carboxylic acids is 3. The average Bonchev–Trinajstić information content (AvgIpc) is 3.04. The van der Waals surface area contributed by atoms with Crippen molar-refractivity contribution in [2.75, 3.05) is 16.2 Å². The number of hydrogen-bond acceptors (Lipinski definition) is 5. The Morgan fingerprint density at radius 3 is 2.24 bits per heavy atom. The summed E-state index contributed by atoms with van der Waals surface area (Å²) in [5.74, 6) is -0.988. The standard InChI is InChI=1S/C20H21N3O5S/c1-2-13-21-20(26)16-5-3-4-6-17(16)22-29(27,28)15-9-7-14(8-10-15)23-18(24)11-12-19(23)25/h3-10,22H,2,11-13H2,1H3,(H,21,26). The molecule has 0 aromatic heterocycles. The Morgan fingerprint density at radius 2 is 1.62 bits per heavy atom. The fourth-order valence-corrected chi connectivity index (χ4v) is 4.03. The Hall–Kier alpha value is -3.20. The Bertz CT molecular complexity index is 1030. The maximum absolute atomic E-state index is 12.8. The predicted octanol–water partition coefficient (Wildman–Crippen LogP) is 2.28. The maximum Gasteiger partial charge on any atom is 0.261 e. The zero-order valence-electron chi connectivity index (χ0n) is 15.8. The van der Waals surface area contributed by atoms with Gasteiger partial charge in [-0.15, -0.1) is 0 Å². The van der Waals surface area contributed by atoms with E-state index in [9.17, 15) is 22.8 Å². The molecule has 2 aromatic carbocycles. The molecular formula is C20H21N3O5S. The molecule has 1 aliphatic heterocycles. The molecule has 0 atom stereocenters. The lowest BCUT2D eigenvalue weighted by molar-refractivity contribution is -0.121. The summed E-state index contributed by atoms with van der Waals surface area (Å²) in [6.07, 6.45) is 1.06. The molecule has 0 spiro atoms. The van der Waals surface area contributed by atoms with Crippen LogP contribution in [0.4, 0.5) is 11.4 Å². The van der Waals surface area contributed by atoms with Gasteiger partial charge in [-0.2, -0.15) is 0 Å². The minimum absolute atomic E-state index is 0.0517. The molecule has 1 heterocycles. The van der Waals surface area contributed by atoms with Crippen molar-refractivity contribution in [3.63, 3.8) is 0 Å². The quantitative estimate of drug-likeness (QED) is 0.674. The van der Waals surface area contributed by atoms with E-state index < -0.39 is 10.0 Å². The highest BCUT2D eigenvalue weighted by Gasteiger charge is 2.30. The molecule has 29 heavy (non-hydrogen) atoms. The molecule has 0 unspecified atom stereocenters. The van der Waals surface area contributed by atoms with Gasteiger partial charge in [-0.25, -0.2) is 8.42 Å². The molecule has 1 saturated heterocycles. The topological polar surface area (TPSA) is 113 Å². The Labute approximate surface area is 169 Å². The van der Waals surface area contributed by atoms with E-state index in [1.807, 2.05) is 6.92 Å². The minimum atomic E-state index is -3.98. The summed E-state index contributed by atoms with van der Waals surface area (Å²) in [6, 6.07) is 11.8. The number of nitrogens with one attached hydrogen (secondary N) is 2. The van der Waals surface area contributed by atoms with Crippen LogP contribution in [-0.4, -0.2) is 32.7 Å².